The SMILES string of the molecule is Cc1cc(C)c2oc(C(=O)NCC(c3ccccc3Cl)N3CCCCC3)cc(=O)c2c1. The Morgan fingerprint density at radius 2 is 1.87 bits per heavy atom. The maximum absolute atomic E-state index is 12.9. The lowest BCUT2D eigenvalue weighted by atomic mass is 10.0. The van der Waals surface area contributed by atoms with E-state index >= 15 is 0 Å². The Kier molecular flexibility index (Phi) is 6.44. The molecule has 5 nitrogen and oxygen atoms in total. The highest BCUT2D eigenvalue weighted by molar-refractivity contribution is 6.31. The van der Waals surface area contributed by atoms with Gasteiger partial charge in [0.05, 0.1) is 11.4 Å². The number of nitrogens with zero attached hydrogens (tertiary/aromatic N) is 1. The first-order valence-corrected chi connectivity index (χ1v) is 11.1. The first-order chi connectivity index (χ1) is 14.9. The minimum absolute atomic E-state index is 0.0287. The highest BCUT2D eigenvalue weighted by Gasteiger charge is 2.25. The molecule has 162 valence electrons. The maximum atomic E-state index is 12.9. The van der Waals surface area contributed by atoms with Gasteiger partial charge in [0.2, 0.25) is 0 Å². The molecule has 0 saturated carbocycles. The zero-order chi connectivity index (χ0) is 22.0. The third kappa shape index (κ3) is 4.68. The van der Waals surface area contributed by atoms with Crippen LogP contribution in [0.25, 0.3) is 11.0 Å². The van der Waals surface area contributed by atoms with Crippen LogP contribution in [0, 0.1) is 13.8 Å². The van der Waals surface area contributed by atoms with Crippen LogP contribution in [0.2, 0.25) is 5.02 Å². The summed E-state index contributed by atoms with van der Waals surface area (Å²) in [5.74, 6) is -0.367. The summed E-state index contributed by atoms with van der Waals surface area (Å²) in [5.41, 5.74) is 3.07. The van der Waals surface area contributed by atoms with Crippen molar-refractivity contribution in [3.05, 3.63) is 80.2 Å². The molecule has 2 aromatic carbocycles. The predicted octanol–water partition coefficient (Wildman–Crippen LogP) is 5.02. The summed E-state index contributed by atoms with van der Waals surface area (Å²) in [4.78, 5) is 27.9. The molecule has 1 unspecified atom stereocenters. The Morgan fingerprint density at radius 3 is 2.61 bits per heavy atom. The van der Waals surface area contributed by atoms with Crippen molar-refractivity contribution in [3.63, 3.8) is 0 Å². The number of rotatable bonds is 5. The third-order valence-corrected chi connectivity index (χ3v) is 6.28. The van der Waals surface area contributed by atoms with E-state index in [2.05, 4.69) is 10.2 Å². The van der Waals surface area contributed by atoms with Gasteiger partial charge >= 0.3 is 0 Å². The summed E-state index contributed by atoms with van der Waals surface area (Å²) in [6.45, 7) is 6.13. The van der Waals surface area contributed by atoms with Crippen LogP contribution in [0.5, 0.6) is 0 Å². The van der Waals surface area contributed by atoms with E-state index in [1.807, 2.05) is 44.2 Å². The number of piperidine rings is 1. The van der Waals surface area contributed by atoms with E-state index in [9.17, 15) is 9.59 Å². The molecule has 1 atom stereocenters. The molecular weight excluding hydrogens is 412 g/mol. The number of benzene rings is 2. The fourth-order valence-corrected chi connectivity index (χ4v) is 4.67. The van der Waals surface area contributed by atoms with Gasteiger partial charge in [0.15, 0.2) is 11.2 Å². The monoisotopic (exact) mass is 438 g/mol. The van der Waals surface area contributed by atoms with E-state index in [-0.39, 0.29) is 17.2 Å². The average molecular weight is 439 g/mol. The number of carbonyl (C=O) groups is 1. The molecule has 0 spiro atoms. The molecule has 0 aliphatic carbocycles. The molecule has 1 aromatic heterocycles. The number of likely N-dealkylation sites (tertiary alicyclic amines) is 1. The maximum Gasteiger partial charge on any atom is 0.287 e. The molecule has 2 heterocycles. The number of amides is 1. The highest BCUT2D eigenvalue weighted by Crippen LogP contribution is 2.29. The van der Waals surface area contributed by atoms with Crippen molar-refractivity contribution in [2.45, 2.75) is 39.2 Å². The van der Waals surface area contributed by atoms with Gasteiger partial charge in [-0.15, -0.1) is 0 Å². The quantitative estimate of drug-likeness (QED) is 0.607. The van der Waals surface area contributed by atoms with E-state index < -0.39 is 5.91 Å². The fraction of sp³-hybridized carbons (Fsp3) is 0.360. The minimum atomic E-state index is -0.395. The van der Waals surface area contributed by atoms with Crippen LogP contribution in [-0.2, 0) is 0 Å². The number of nitrogens with one attached hydrogen (secondary N) is 1. The molecule has 1 amide bonds. The van der Waals surface area contributed by atoms with Crippen molar-refractivity contribution < 1.29 is 9.21 Å². The smallest absolute Gasteiger partial charge is 0.287 e. The molecule has 6 heteroatoms. The Morgan fingerprint density at radius 1 is 1.13 bits per heavy atom. The van der Waals surface area contributed by atoms with Gasteiger partial charge in [-0.25, -0.2) is 0 Å². The van der Waals surface area contributed by atoms with Gasteiger partial charge in [0.25, 0.3) is 5.91 Å². The molecule has 1 aliphatic heterocycles. The average Bonchev–Trinajstić information content (AvgIpc) is 2.76. The Hall–Kier alpha value is -2.63. The zero-order valence-electron chi connectivity index (χ0n) is 17.9. The van der Waals surface area contributed by atoms with Gasteiger partial charge in [-0.3, -0.25) is 14.5 Å². The number of carbonyl (C=O) groups excluding carboxylic acids is 1. The topological polar surface area (TPSA) is 62.6 Å². The standard InChI is InChI=1S/C25H27ClN2O3/c1-16-12-17(2)24-19(13-16)22(29)14-23(31-24)25(30)27-15-21(28-10-6-3-7-11-28)18-8-4-5-9-20(18)26/h4-5,8-9,12-14,21H,3,6-7,10-11,15H2,1-2H3,(H,27,30). The zero-order valence-corrected chi connectivity index (χ0v) is 18.7. The van der Waals surface area contributed by atoms with Crippen LogP contribution in [0.1, 0.15) is 52.5 Å². The molecule has 0 radical (unpaired) electrons. The summed E-state index contributed by atoms with van der Waals surface area (Å²) >= 11 is 6.49. The van der Waals surface area contributed by atoms with Crippen LogP contribution < -0.4 is 10.7 Å². The largest absolute Gasteiger partial charge is 0.450 e. The van der Waals surface area contributed by atoms with Crippen molar-refractivity contribution in [3.8, 4) is 0 Å². The molecule has 0 bridgehead atoms. The number of aryl methyl sites for hydroxylation is 2. The van der Waals surface area contributed by atoms with Crippen molar-refractivity contribution in [2.24, 2.45) is 0 Å². The number of halogens is 1. The second-order valence-electron chi connectivity index (χ2n) is 8.28. The Bertz CT molecular complexity index is 1170. The fourth-order valence-electron chi connectivity index (χ4n) is 4.41. The van der Waals surface area contributed by atoms with E-state index in [0.29, 0.717) is 22.5 Å². The molecule has 3 aromatic rings. The highest BCUT2D eigenvalue weighted by atomic mass is 35.5. The Balaban J connectivity index is 1.59. The molecule has 1 fully saturated rings. The second-order valence-corrected chi connectivity index (χ2v) is 8.68. The van der Waals surface area contributed by atoms with E-state index in [1.165, 1.54) is 12.5 Å². The summed E-state index contributed by atoms with van der Waals surface area (Å²) in [5, 5.41) is 4.16. The number of fused-ring (bicyclic) bond motifs is 1. The lowest BCUT2D eigenvalue weighted by molar-refractivity contribution is 0.0897. The minimum Gasteiger partial charge on any atom is -0.450 e. The van der Waals surface area contributed by atoms with E-state index in [4.69, 9.17) is 16.0 Å². The van der Waals surface area contributed by atoms with Gasteiger partial charge in [0.1, 0.15) is 5.58 Å². The van der Waals surface area contributed by atoms with Gasteiger partial charge in [0, 0.05) is 17.6 Å². The van der Waals surface area contributed by atoms with Gasteiger partial charge in [-0.2, -0.15) is 0 Å². The Labute approximate surface area is 187 Å². The molecule has 1 N–H and O–H groups in total. The van der Waals surface area contributed by atoms with Crippen LogP contribution >= 0.6 is 11.6 Å². The number of hydrogen-bond donors (Lipinski definition) is 1. The summed E-state index contributed by atoms with van der Waals surface area (Å²) in [6.07, 6.45) is 3.49. The predicted molar refractivity (Wildman–Crippen MR) is 124 cm³/mol. The third-order valence-electron chi connectivity index (χ3n) is 5.93. The van der Waals surface area contributed by atoms with Crippen LogP contribution in [0.3, 0.4) is 0 Å². The van der Waals surface area contributed by atoms with Crippen molar-refractivity contribution >= 4 is 28.5 Å². The summed E-state index contributed by atoms with van der Waals surface area (Å²) in [6, 6.07) is 12.7. The molecular formula is C25H27ClN2O3. The van der Waals surface area contributed by atoms with Crippen molar-refractivity contribution in [1.82, 2.24) is 10.2 Å². The number of hydrogen-bond acceptors (Lipinski definition) is 4. The molecule has 31 heavy (non-hydrogen) atoms. The summed E-state index contributed by atoms with van der Waals surface area (Å²) in [7, 11) is 0. The van der Waals surface area contributed by atoms with Gasteiger partial charge in [-0.05, 0) is 68.6 Å². The van der Waals surface area contributed by atoms with Gasteiger partial charge < -0.3 is 9.73 Å². The van der Waals surface area contributed by atoms with Crippen molar-refractivity contribution in [1.29, 1.82) is 0 Å². The molecule has 1 saturated heterocycles. The first kappa shape index (κ1) is 21.6. The molecule has 1 aliphatic rings. The van der Waals surface area contributed by atoms with Crippen molar-refractivity contribution in [2.75, 3.05) is 19.6 Å². The van der Waals surface area contributed by atoms with E-state index in [1.54, 1.807) is 6.07 Å². The lowest BCUT2D eigenvalue weighted by Gasteiger charge is -2.35. The van der Waals surface area contributed by atoms with E-state index in [0.717, 1.165) is 42.6 Å². The first-order valence-electron chi connectivity index (χ1n) is 10.8. The summed E-state index contributed by atoms with van der Waals surface area (Å²) < 4.78 is 5.85. The normalized spacial score (nSPS) is 15.7. The second kappa shape index (κ2) is 9.25. The van der Waals surface area contributed by atoms with Gasteiger partial charge in [-0.1, -0.05) is 42.3 Å². The van der Waals surface area contributed by atoms with Crippen LogP contribution in [-0.4, -0.2) is 30.4 Å². The van der Waals surface area contributed by atoms with Crippen LogP contribution in [0.4, 0.5) is 0 Å². The lowest BCUT2D eigenvalue weighted by Crippen LogP contribution is -2.40. The molecule has 4 rings (SSSR count). The van der Waals surface area contributed by atoms with Crippen LogP contribution in [0.15, 0.2) is 51.7 Å².